The molecule has 0 saturated heterocycles. The molecule has 0 N–H and O–H groups in total. The van der Waals surface area contributed by atoms with E-state index < -0.39 is 11.9 Å². The van der Waals surface area contributed by atoms with Crippen molar-refractivity contribution in [2.75, 3.05) is 0 Å². The number of carbonyl (C=O) groups is 2. The van der Waals surface area contributed by atoms with Gasteiger partial charge in [0.05, 0.1) is 34.7 Å². The Balaban J connectivity index is 0.00000329. The average molecular weight is 612 g/mol. The van der Waals surface area contributed by atoms with E-state index >= 15 is 0 Å². The molecule has 5 aromatic rings. The number of aromatic carboxylic acids is 2. The van der Waals surface area contributed by atoms with Crippen LogP contribution in [-0.4, -0.2) is 21.9 Å². The minimum absolute atomic E-state index is 0. The summed E-state index contributed by atoms with van der Waals surface area (Å²) < 4.78 is 0. The standard InChI is InChI=1S/C34H22N4O4.Zn/c39-33(40)21-5-1-19(2-6-21)31-27-13-9-23(35-27)17-25-11-15-29(37-25)32(20-3-7-22(8-4-20)34(41)42)30-16-12-26(38-30)18-24-10-14-28(31)36-24;/h1-18H,(H4,35,36,37,38,39,40,41,42);/q;+2/p-4. The summed E-state index contributed by atoms with van der Waals surface area (Å²) in [6.07, 6.45) is 7.58. The van der Waals surface area contributed by atoms with Crippen molar-refractivity contribution in [3.05, 3.63) is 119 Å². The van der Waals surface area contributed by atoms with E-state index in [2.05, 4.69) is 0 Å². The fourth-order valence-corrected chi connectivity index (χ4v) is 5.09. The van der Waals surface area contributed by atoms with Crippen LogP contribution in [0.3, 0.4) is 0 Å². The molecule has 5 heterocycles. The van der Waals surface area contributed by atoms with Crippen LogP contribution >= 0.6 is 0 Å². The van der Waals surface area contributed by atoms with Crippen molar-refractivity contribution in [3.8, 4) is 22.3 Å². The molecule has 8 bridgehead atoms. The molecule has 9 heteroatoms. The number of fused-ring (bicyclic) bond motifs is 8. The van der Waals surface area contributed by atoms with Gasteiger partial charge in [-0.3, -0.25) is 0 Å². The number of carboxylic acids is 2. The van der Waals surface area contributed by atoms with Gasteiger partial charge in [-0.1, -0.05) is 84.9 Å². The average Bonchev–Trinajstić information content (AvgIpc) is 3.80. The van der Waals surface area contributed by atoms with E-state index in [-0.39, 0.29) is 30.6 Å². The van der Waals surface area contributed by atoms with Crippen LogP contribution in [0.25, 0.3) is 68.6 Å². The molecule has 0 unspecified atom stereocenters. The summed E-state index contributed by atoms with van der Waals surface area (Å²) in [5.74, 6) is -2.48. The van der Waals surface area contributed by atoms with Crippen LogP contribution in [0.2, 0.25) is 0 Å². The molecule has 2 aromatic carbocycles. The van der Waals surface area contributed by atoms with E-state index in [0.29, 0.717) is 44.8 Å². The Morgan fingerprint density at radius 3 is 1.30 bits per heavy atom. The van der Waals surface area contributed by atoms with E-state index in [0.717, 1.165) is 22.3 Å². The van der Waals surface area contributed by atoms with E-state index in [1.807, 2.05) is 60.7 Å². The summed E-state index contributed by atoms with van der Waals surface area (Å²) in [5, 5.41) is 22.6. The molecule has 0 atom stereocenters. The van der Waals surface area contributed by atoms with Crippen LogP contribution in [0, 0.1) is 0 Å². The van der Waals surface area contributed by atoms with Crippen LogP contribution in [0.4, 0.5) is 0 Å². The van der Waals surface area contributed by atoms with Gasteiger partial charge in [0.25, 0.3) is 0 Å². The third-order valence-electron chi connectivity index (χ3n) is 7.08. The summed E-state index contributed by atoms with van der Waals surface area (Å²) in [4.78, 5) is 42.0. The molecule has 0 radical (unpaired) electrons. The first-order valence-corrected chi connectivity index (χ1v) is 13.0. The second-order valence-electron chi connectivity index (χ2n) is 9.79. The molecule has 7 rings (SSSR count). The number of nitrogens with zero attached hydrogens (tertiary/aromatic N) is 4. The molecule has 0 spiro atoms. The predicted octanol–water partition coefficient (Wildman–Crippen LogP) is 3.97. The smallest absolute Gasteiger partial charge is 0.657 e. The van der Waals surface area contributed by atoms with Crippen molar-refractivity contribution in [2.24, 2.45) is 0 Å². The van der Waals surface area contributed by atoms with Crippen molar-refractivity contribution < 1.29 is 39.3 Å². The van der Waals surface area contributed by atoms with E-state index in [1.165, 1.54) is 24.3 Å². The number of benzene rings is 2. The fourth-order valence-electron chi connectivity index (χ4n) is 5.09. The van der Waals surface area contributed by atoms with Gasteiger partial charge in [-0.25, -0.2) is 9.97 Å². The second kappa shape index (κ2) is 11.1. The molecule has 3 aromatic heterocycles. The maximum Gasteiger partial charge on any atom is 2.00 e. The van der Waals surface area contributed by atoms with Gasteiger partial charge in [-0.05, 0) is 57.7 Å². The minimum Gasteiger partial charge on any atom is -0.657 e. The van der Waals surface area contributed by atoms with Crippen molar-refractivity contribution in [1.82, 2.24) is 19.9 Å². The Morgan fingerprint density at radius 2 is 0.930 bits per heavy atom. The first-order valence-electron chi connectivity index (χ1n) is 13.0. The predicted molar refractivity (Wildman–Crippen MR) is 156 cm³/mol. The van der Waals surface area contributed by atoms with E-state index in [4.69, 9.17) is 19.9 Å². The summed E-state index contributed by atoms with van der Waals surface area (Å²) in [6, 6.07) is 24.2. The van der Waals surface area contributed by atoms with Gasteiger partial charge >= 0.3 is 19.5 Å². The number of rotatable bonds is 4. The number of carbonyl (C=O) groups excluding carboxylic acids is 2. The van der Waals surface area contributed by atoms with Crippen molar-refractivity contribution in [1.29, 1.82) is 0 Å². The van der Waals surface area contributed by atoms with Crippen LogP contribution in [-0.2, 0) is 19.5 Å². The first kappa shape index (κ1) is 27.8. The molecule has 8 nitrogen and oxygen atoms in total. The number of carboxylic acid groups (broad SMARTS) is 2. The van der Waals surface area contributed by atoms with Gasteiger partial charge in [-0.15, -0.1) is 22.1 Å². The third kappa shape index (κ3) is 5.34. The molecular weight excluding hydrogens is 594 g/mol. The Labute approximate surface area is 257 Å². The van der Waals surface area contributed by atoms with Gasteiger partial charge < -0.3 is 29.8 Å². The van der Waals surface area contributed by atoms with Crippen molar-refractivity contribution >= 4 is 58.3 Å². The molecule has 202 valence electrons. The first-order chi connectivity index (χ1) is 20.4. The zero-order valence-electron chi connectivity index (χ0n) is 22.5. The minimum atomic E-state index is -1.24. The third-order valence-corrected chi connectivity index (χ3v) is 7.08. The van der Waals surface area contributed by atoms with E-state index in [9.17, 15) is 19.8 Å². The Bertz CT molecular complexity index is 1990. The van der Waals surface area contributed by atoms with Crippen LogP contribution < -0.4 is 20.2 Å². The van der Waals surface area contributed by atoms with Gasteiger partial charge in [0.2, 0.25) is 0 Å². The van der Waals surface area contributed by atoms with E-state index in [1.54, 1.807) is 24.3 Å². The van der Waals surface area contributed by atoms with Crippen LogP contribution in [0.15, 0.2) is 84.9 Å². The normalized spacial score (nSPS) is 11.7. The molecule has 2 aliphatic rings. The maximum atomic E-state index is 11.3. The molecule has 2 aliphatic heterocycles. The molecule has 0 amide bonds. The summed E-state index contributed by atoms with van der Waals surface area (Å²) >= 11 is 0. The summed E-state index contributed by atoms with van der Waals surface area (Å²) in [7, 11) is 0. The van der Waals surface area contributed by atoms with Crippen molar-refractivity contribution in [3.63, 3.8) is 0 Å². The van der Waals surface area contributed by atoms with Gasteiger partial charge in [0.1, 0.15) is 0 Å². The van der Waals surface area contributed by atoms with Crippen LogP contribution in [0.1, 0.15) is 43.5 Å². The van der Waals surface area contributed by atoms with Gasteiger partial charge in [0, 0.05) is 0 Å². The summed E-state index contributed by atoms with van der Waals surface area (Å²) in [6.45, 7) is 0. The molecule has 0 fully saturated rings. The fraction of sp³-hybridized carbons (Fsp3) is 0. The number of hydrogen-bond acceptors (Lipinski definition) is 6. The monoisotopic (exact) mass is 610 g/mol. The zero-order valence-corrected chi connectivity index (χ0v) is 25.5. The molecule has 43 heavy (non-hydrogen) atoms. The number of aromatic nitrogens is 4. The Morgan fingerprint density at radius 1 is 0.535 bits per heavy atom. The van der Waals surface area contributed by atoms with Crippen LogP contribution in [0.5, 0.6) is 0 Å². The second-order valence-corrected chi connectivity index (χ2v) is 9.79. The van der Waals surface area contributed by atoms with Gasteiger partial charge in [0.15, 0.2) is 0 Å². The van der Waals surface area contributed by atoms with Gasteiger partial charge in [-0.2, -0.15) is 0 Å². The summed E-state index contributed by atoms with van der Waals surface area (Å²) in [5.41, 5.74) is 8.71. The Kier molecular flexibility index (Phi) is 7.18. The molecule has 0 saturated carbocycles. The zero-order chi connectivity index (χ0) is 28.8. The number of hydrogen-bond donors (Lipinski definition) is 0. The Hall–Kier alpha value is -5.40. The molecular formula is C34H18N4O4Zn-2. The quantitative estimate of drug-likeness (QED) is 0.273. The topological polar surface area (TPSA) is 134 Å². The SMILES string of the molecule is O=C([O-])c1ccc(-c2c3nc(cc4ccc([n-]4)c(-c4ccc(C(=O)[O-])cc4)c4nc(cc5ccc2[n-]5)C=C4)C=C3)cc1.[Zn+2]. The molecule has 0 aliphatic carbocycles. The van der Waals surface area contributed by atoms with Crippen molar-refractivity contribution in [2.45, 2.75) is 0 Å². The largest absolute Gasteiger partial charge is 2.00 e. The maximum absolute atomic E-state index is 11.3.